The Kier molecular flexibility index (Phi) is 2.51. The van der Waals surface area contributed by atoms with Crippen LogP contribution in [0, 0.1) is 24.2 Å². The van der Waals surface area contributed by atoms with Crippen LogP contribution in [0.5, 0.6) is 0 Å². The van der Waals surface area contributed by atoms with Crippen molar-refractivity contribution in [3.05, 3.63) is 23.4 Å². The van der Waals surface area contributed by atoms with Crippen molar-refractivity contribution < 1.29 is 0 Å². The summed E-state index contributed by atoms with van der Waals surface area (Å²) in [5.74, 6) is 1.76. The third kappa shape index (κ3) is 2.12. The first kappa shape index (κ1) is 10.6. The second-order valence-corrected chi connectivity index (χ2v) is 5.27. The van der Waals surface area contributed by atoms with Crippen LogP contribution in [-0.2, 0) is 0 Å². The van der Waals surface area contributed by atoms with Crippen LogP contribution >= 0.6 is 0 Å². The highest BCUT2D eigenvalue weighted by atomic mass is 15.2. The molecule has 0 aliphatic heterocycles. The van der Waals surface area contributed by atoms with Crippen LogP contribution in [0.1, 0.15) is 36.8 Å². The molecule has 0 N–H and O–H groups in total. The minimum Gasteiger partial charge on any atom is -0.352 e. The lowest BCUT2D eigenvalue weighted by Gasteiger charge is -2.24. The van der Waals surface area contributed by atoms with Crippen molar-refractivity contribution in [1.82, 2.24) is 4.98 Å². The minimum atomic E-state index is 0.636. The van der Waals surface area contributed by atoms with Crippen LogP contribution in [0.25, 0.3) is 0 Å². The van der Waals surface area contributed by atoms with Gasteiger partial charge < -0.3 is 4.90 Å². The first-order valence-electron chi connectivity index (χ1n) is 6.42. The zero-order valence-electron chi connectivity index (χ0n) is 10.2. The molecule has 3 nitrogen and oxygen atoms in total. The Hall–Kier alpha value is -1.56. The molecule has 2 fully saturated rings. The molecule has 2 aliphatic rings. The van der Waals surface area contributed by atoms with E-state index >= 15 is 0 Å². The summed E-state index contributed by atoms with van der Waals surface area (Å²) in [5.41, 5.74) is 1.80. The highest BCUT2D eigenvalue weighted by Gasteiger charge is 2.35. The lowest BCUT2D eigenvalue weighted by Crippen LogP contribution is -2.29. The molecule has 2 saturated carbocycles. The van der Waals surface area contributed by atoms with E-state index in [1.807, 2.05) is 19.2 Å². The van der Waals surface area contributed by atoms with Gasteiger partial charge in [0.15, 0.2) is 0 Å². The Morgan fingerprint density at radius 1 is 1.41 bits per heavy atom. The largest absolute Gasteiger partial charge is 0.352 e. The fourth-order valence-corrected chi connectivity index (χ4v) is 2.27. The Labute approximate surface area is 102 Å². The van der Waals surface area contributed by atoms with Crippen LogP contribution in [0.3, 0.4) is 0 Å². The second kappa shape index (κ2) is 4.03. The number of anilines is 1. The lowest BCUT2D eigenvalue weighted by molar-refractivity contribution is 0.707. The van der Waals surface area contributed by atoms with E-state index in [9.17, 15) is 5.26 Å². The Bertz CT molecular complexity index is 467. The predicted molar refractivity (Wildman–Crippen MR) is 66.8 cm³/mol. The molecule has 3 rings (SSSR count). The maximum absolute atomic E-state index is 9.28. The third-order valence-electron chi connectivity index (χ3n) is 3.66. The molecule has 0 saturated heterocycles. The van der Waals surface area contributed by atoms with Gasteiger partial charge in [-0.2, -0.15) is 5.26 Å². The zero-order chi connectivity index (χ0) is 11.8. The van der Waals surface area contributed by atoms with Crippen molar-refractivity contribution in [2.75, 3.05) is 11.4 Å². The van der Waals surface area contributed by atoms with E-state index in [0.717, 1.165) is 29.4 Å². The molecule has 1 aromatic rings. The third-order valence-corrected chi connectivity index (χ3v) is 3.66. The molecule has 2 aliphatic carbocycles. The zero-order valence-corrected chi connectivity index (χ0v) is 10.2. The lowest BCUT2D eigenvalue weighted by atomic mass is 10.1. The summed E-state index contributed by atoms with van der Waals surface area (Å²) in [6.07, 6.45) is 7.03. The smallest absolute Gasteiger partial charge is 0.147 e. The van der Waals surface area contributed by atoms with Gasteiger partial charge in [0.25, 0.3) is 0 Å². The Balaban J connectivity index is 1.93. The molecule has 1 heterocycles. The molecule has 0 radical (unpaired) electrons. The number of nitriles is 1. The molecule has 17 heavy (non-hydrogen) atoms. The summed E-state index contributed by atoms with van der Waals surface area (Å²) in [7, 11) is 0. The molecule has 0 aromatic carbocycles. The van der Waals surface area contributed by atoms with Crippen LogP contribution in [0.15, 0.2) is 12.3 Å². The minimum absolute atomic E-state index is 0.636. The van der Waals surface area contributed by atoms with Crippen molar-refractivity contribution in [3.63, 3.8) is 0 Å². The van der Waals surface area contributed by atoms with E-state index in [1.54, 1.807) is 0 Å². The number of aryl methyl sites for hydroxylation is 1. The SMILES string of the molecule is Cc1ccnc(N(CC2CC2)C2CC2)c1C#N. The van der Waals surface area contributed by atoms with E-state index in [-0.39, 0.29) is 0 Å². The number of aromatic nitrogens is 1. The van der Waals surface area contributed by atoms with Gasteiger partial charge in [0, 0.05) is 18.8 Å². The molecule has 3 heteroatoms. The van der Waals surface area contributed by atoms with Gasteiger partial charge in [0.2, 0.25) is 0 Å². The molecule has 0 bridgehead atoms. The molecule has 1 aromatic heterocycles. The Morgan fingerprint density at radius 3 is 2.76 bits per heavy atom. The standard InChI is InChI=1S/C14H17N3/c1-10-6-7-16-14(13(10)8-15)17(12-4-5-12)9-11-2-3-11/h6-7,11-12H,2-5,9H2,1H3. The predicted octanol–water partition coefficient (Wildman–Crippen LogP) is 2.64. The van der Waals surface area contributed by atoms with Gasteiger partial charge in [0.1, 0.15) is 11.9 Å². The van der Waals surface area contributed by atoms with Gasteiger partial charge in [-0.3, -0.25) is 0 Å². The summed E-state index contributed by atoms with van der Waals surface area (Å²) in [5, 5.41) is 9.28. The normalized spacial score (nSPS) is 18.8. The van der Waals surface area contributed by atoms with Crippen LogP contribution in [-0.4, -0.2) is 17.6 Å². The average molecular weight is 227 g/mol. The summed E-state index contributed by atoms with van der Waals surface area (Å²) < 4.78 is 0. The maximum Gasteiger partial charge on any atom is 0.147 e. The molecule has 0 amide bonds. The van der Waals surface area contributed by atoms with Gasteiger partial charge in [-0.05, 0) is 50.2 Å². The molecule has 88 valence electrons. The van der Waals surface area contributed by atoms with Crippen molar-refractivity contribution in [2.24, 2.45) is 5.92 Å². The highest BCUT2D eigenvalue weighted by Crippen LogP contribution is 2.38. The van der Waals surface area contributed by atoms with Gasteiger partial charge in [0.05, 0.1) is 5.56 Å². The summed E-state index contributed by atoms with van der Waals surface area (Å²) in [4.78, 5) is 6.83. The van der Waals surface area contributed by atoms with Crippen molar-refractivity contribution >= 4 is 5.82 Å². The van der Waals surface area contributed by atoms with Crippen molar-refractivity contribution in [2.45, 2.75) is 38.6 Å². The fourth-order valence-electron chi connectivity index (χ4n) is 2.27. The quantitative estimate of drug-likeness (QED) is 0.794. The molecular weight excluding hydrogens is 210 g/mol. The van der Waals surface area contributed by atoms with Crippen LogP contribution in [0.2, 0.25) is 0 Å². The topological polar surface area (TPSA) is 39.9 Å². The first-order valence-corrected chi connectivity index (χ1v) is 6.42. The number of hydrogen-bond acceptors (Lipinski definition) is 3. The molecular formula is C14H17N3. The number of hydrogen-bond donors (Lipinski definition) is 0. The van der Waals surface area contributed by atoms with Crippen molar-refractivity contribution in [3.8, 4) is 6.07 Å². The van der Waals surface area contributed by atoms with E-state index in [1.165, 1.54) is 25.7 Å². The van der Waals surface area contributed by atoms with Gasteiger partial charge in [-0.1, -0.05) is 0 Å². The number of pyridine rings is 1. The monoisotopic (exact) mass is 227 g/mol. The fraction of sp³-hybridized carbons (Fsp3) is 0.571. The summed E-state index contributed by atoms with van der Waals surface area (Å²) >= 11 is 0. The van der Waals surface area contributed by atoms with Crippen molar-refractivity contribution in [1.29, 1.82) is 5.26 Å². The number of rotatable bonds is 4. The average Bonchev–Trinajstić information content (AvgIpc) is 3.17. The summed E-state index contributed by atoms with van der Waals surface area (Å²) in [6, 6.07) is 4.87. The van der Waals surface area contributed by atoms with Gasteiger partial charge >= 0.3 is 0 Å². The maximum atomic E-state index is 9.28. The van der Waals surface area contributed by atoms with E-state index in [2.05, 4.69) is 16.0 Å². The second-order valence-electron chi connectivity index (χ2n) is 5.27. The molecule has 0 unspecified atom stereocenters. The van der Waals surface area contributed by atoms with Gasteiger partial charge in [-0.25, -0.2) is 4.98 Å². The first-order chi connectivity index (χ1) is 8.29. The van der Waals surface area contributed by atoms with E-state index < -0.39 is 0 Å². The van der Waals surface area contributed by atoms with E-state index in [0.29, 0.717) is 6.04 Å². The van der Waals surface area contributed by atoms with Crippen LogP contribution < -0.4 is 4.90 Å². The van der Waals surface area contributed by atoms with E-state index in [4.69, 9.17) is 0 Å². The Morgan fingerprint density at radius 2 is 2.18 bits per heavy atom. The molecule has 0 spiro atoms. The van der Waals surface area contributed by atoms with Crippen LogP contribution in [0.4, 0.5) is 5.82 Å². The summed E-state index contributed by atoms with van der Waals surface area (Å²) in [6.45, 7) is 3.09. The van der Waals surface area contributed by atoms with Gasteiger partial charge in [-0.15, -0.1) is 0 Å². The molecule has 0 atom stereocenters. The number of nitrogens with zero attached hydrogens (tertiary/aromatic N) is 3. The highest BCUT2D eigenvalue weighted by molar-refractivity contribution is 5.58.